The van der Waals surface area contributed by atoms with Crippen LogP contribution in [0.1, 0.15) is 0 Å². The van der Waals surface area contributed by atoms with Gasteiger partial charge in [-0.2, -0.15) is 0 Å². The van der Waals surface area contributed by atoms with E-state index in [2.05, 4.69) is 20.5 Å². The van der Waals surface area contributed by atoms with Gasteiger partial charge < -0.3 is 9.88 Å². The second-order valence-corrected chi connectivity index (χ2v) is 7.46. The van der Waals surface area contributed by atoms with E-state index in [1.807, 2.05) is 66.2 Å². The summed E-state index contributed by atoms with van der Waals surface area (Å²) in [6.45, 7) is 0. The van der Waals surface area contributed by atoms with Crippen molar-refractivity contribution in [1.29, 1.82) is 0 Å². The third-order valence-corrected chi connectivity index (χ3v) is 5.46. The Bertz CT molecular complexity index is 1140. The standard InChI is InChI=1S/C20H16ClN5OS/c1-26-19(13-7-9-14(21)10-8-13)24-25-20(26)28-12-18(27)23-17-6-2-5-16-15(17)4-3-11-22-16/h2-11H,12H2,1H3,(H,23,27). The molecule has 0 unspecified atom stereocenters. The fourth-order valence-corrected chi connectivity index (χ4v) is 3.66. The van der Waals surface area contributed by atoms with Crippen LogP contribution in [0.25, 0.3) is 22.3 Å². The number of fused-ring (bicyclic) bond motifs is 1. The number of nitrogens with one attached hydrogen (secondary N) is 1. The van der Waals surface area contributed by atoms with Crippen LogP contribution in [0.2, 0.25) is 5.02 Å². The molecule has 2 heterocycles. The Kier molecular flexibility index (Phi) is 5.27. The van der Waals surface area contributed by atoms with E-state index < -0.39 is 0 Å². The second kappa shape index (κ2) is 8.00. The maximum absolute atomic E-state index is 12.4. The lowest BCUT2D eigenvalue weighted by Crippen LogP contribution is -2.14. The summed E-state index contributed by atoms with van der Waals surface area (Å²) in [5.41, 5.74) is 2.50. The fourth-order valence-electron chi connectivity index (χ4n) is 2.82. The van der Waals surface area contributed by atoms with Gasteiger partial charge in [-0.15, -0.1) is 10.2 Å². The third-order valence-electron chi connectivity index (χ3n) is 4.19. The lowest BCUT2D eigenvalue weighted by molar-refractivity contribution is -0.113. The summed E-state index contributed by atoms with van der Waals surface area (Å²) in [7, 11) is 1.88. The Labute approximate surface area is 171 Å². The van der Waals surface area contributed by atoms with E-state index in [-0.39, 0.29) is 11.7 Å². The van der Waals surface area contributed by atoms with E-state index in [1.165, 1.54) is 11.8 Å². The molecule has 8 heteroatoms. The van der Waals surface area contributed by atoms with Gasteiger partial charge in [-0.05, 0) is 48.5 Å². The molecule has 4 aromatic rings. The third kappa shape index (κ3) is 3.85. The first-order valence-electron chi connectivity index (χ1n) is 8.53. The maximum atomic E-state index is 12.4. The Hall–Kier alpha value is -2.90. The molecule has 140 valence electrons. The Balaban J connectivity index is 1.44. The number of hydrogen-bond donors (Lipinski definition) is 1. The van der Waals surface area contributed by atoms with Gasteiger partial charge in [0.15, 0.2) is 11.0 Å². The maximum Gasteiger partial charge on any atom is 0.234 e. The monoisotopic (exact) mass is 409 g/mol. The van der Waals surface area contributed by atoms with E-state index in [4.69, 9.17) is 11.6 Å². The van der Waals surface area contributed by atoms with Crippen LogP contribution in [0.5, 0.6) is 0 Å². The Morgan fingerprint density at radius 2 is 1.93 bits per heavy atom. The molecule has 0 fully saturated rings. The fraction of sp³-hybridized carbons (Fsp3) is 0.100. The van der Waals surface area contributed by atoms with Gasteiger partial charge in [0.25, 0.3) is 0 Å². The highest BCUT2D eigenvalue weighted by molar-refractivity contribution is 7.99. The average Bonchev–Trinajstić information content (AvgIpc) is 3.08. The number of amides is 1. The number of carbonyl (C=O) groups excluding carboxylic acids is 1. The molecule has 4 rings (SSSR count). The van der Waals surface area contributed by atoms with Gasteiger partial charge in [-0.25, -0.2) is 0 Å². The molecule has 1 amide bonds. The molecule has 0 aliphatic carbocycles. The highest BCUT2D eigenvalue weighted by Crippen LogP contribution is 2.25. The van der Waals surface area contributed by atoms with Crippen molar-refractivity contribution < 1.29 is 4.79 Å². The van der Waals surface area contributed by atoms with Crippen LogP contribution in [0.3, 0.4) is 0 Å². The van der Waals surface area contributed by atoms with E-state index in [9.17, 15) is 4.79 Å². The molecule has 2 aromatic carbocycles. The van der Waals surface area contributed by atoms with Crippen LogP contribution in [0.4, 0.5) is 5.69 Å². The molecule has 0 saturated carbocycles. The molecular weight excluding hydrogens is 394 g/mol. The number of pyridine rings is 1. The number of anilines is 1. The normalized spacial score (nSPS) is 10.9. The first kappa shape index (κ1) is 18.5. The SMILES string of the molecule is Cn1c(SCC(=O)Nc2cccc3ncccc23)nnc1-c1ccc(Cl)cc1. The second-order valence-electron chi connectivity index (χ2n) is 6.08. The number of carbonyl (C=O) groups is 1. The van der Waals surface area contributed by atoms with Crippen LogP contribution >= 0.6 is 23.4 Å². The quantitative estimate of drug-likeness (QED) is 0.494. The molecule has 28 heavy (non-hydrogen) atoms. The highest BCUT2D eigenvalue weighted by Gasteiger charge is 2.13. The molecular formula is C20H16ClN5OS. The van der Waals surface area contributed by atoms with Gasteiger partial charge in [0.1, 0.15) is 0 Å². The molecule has 2 aromatic heterocycles. The number of hydrogen-bond acceptors (Lipinski definition) is 5. The molecule has 1 N–H and O–H groups in total. The zero-order valence-corrected chi connectivity index (χ0v) is 16.5. The van der Waals surface area contributed by atoms with Gasteiger partial charge in [0, 0.05) is 29.2 Å². The first-order chi connectivity index (χ1) is 13.6. The highest BCUT2D eigenvalue weighted by atomic mass is 35.5. The van der Waals surface area contributed by atoms with Gasteiger partial charge >= 0.3 is 0 Å². The number of halogens is 1. The van der Waals surface area contributed by atoms with E-state index >= 15 is 0 Å². The molecule has 0 bridgehead atoms. The minimum absolute atomic E-state index is 0.114. The summed E-state index contributed by atoms with van der Waals surface area (Å²) in [5, 5.41) is 13.6. The van der Waals surface area contributed by atoms with Crippen molar-refractivity contribution in [2.45, 2.75) is 5.16 Å². The number of nitrogens with zero attached hydrogens (tertiary/aromatic N) is 4. The Morgan fingerprint density at radius 3 is 2.75 bits per heavy atom. The summed E-state index contributed by atoms with van der Waals surface area (Å²) in [4.78, 5) is 16.7. The van der Waals surface area contributed by atoms with Crippen molar-refractivity contribution in [3.05, 3.63) is 65.8 Å². The van der Waals surface area contributed by atoms with Crippen LogP contribution < -0.4 is 5.32 Å². The number of aromatic nitrogens is 4. The molecule has 0 aliphatic heterocycles. The largest absolute Gasteiger partial charge is 0.325 e. The smallest absolute Gasteiger partial charge is 0.234 e. The van der Waals surface area contributed by atoms with Gasteiger partial charge in [0.05, 0.1) is 17.0 Å². The minimum Gasteiger partial charge on any atom is -0.325 e. The predicted molar refractivity (Wildman–Crippen MR) is 113 cm³/mol. The molecule has 0 radical (unpaired) electrons. The molecule has 0 saturated heterocycles. The minimum atomic E-state index is -0.114. The predicted octanol–water partition coefficient (Wildman–Crippen LogP) is 4.41. The van der Waals surface area contributed by atoms with Crippen LogP contribution in [-0.2, 0) is 11.8 Å². The first-order valence-corrected chi connectivity index (χ1v) is 9.90. The van der Waals surface area contributed by atoms with Crippen molar-refractivity contribution >= 4 is 45.9 Å². The van der Waals surface area contributed by atoms with Crippen molar-refractivity contribution in [1.82, 2.24) is 19.7 Å². The summed E-state index contributed by atoms with van der Waals surface area (Å²) in [6.07, 6.45) is 1.73. The lowest BCUT2D eigenvalue weighted by atomic mass is 10.2. The van der Waals surface area contributed by atoms with E-state index in [1.54, 1.807) is 6.20 Å². The zero-order chi connectivity index (χ0) is 19.5. The Morgan fingerprint density at radius 1 is 1.11 bits per heavy atom. The number of benzene rings is 2. The van der Waals surface area contributed by atoms with E-state index in [0.29, 0.717) is 10.2 Å². The lowest BCUT2D eigenvalue weighted by Gasteiger charge is -2.08. The number of thioether (sulfide) groups is 1. The zero-order valence-electron chi connectivity index (χ0n) is 15.0. The summed E-state index contributed by atoms with van der Waals surface area (Å²) >= 11 is 7.27. The summed E-state index contributed by atoms with van der Waals surface area (Å²) < 4.78 is 1.86. The van der Waals surface area contributed by atoms with Gasteiger partial charge in [0.2, 0.25) is 5.91 Å². The molecule has 0 aliphatic rings. The molecule has 6 nitrogen and oxygen atoms in total. The average molecular weight is 410 g/mol. The van der Waals surface area contributed by atoms with Gasteiger partial charge in [-0.1, -0.05) is 29.4 Å². The van der Waals surface area contributed by atoms with Crippen LogP contribution in [-0.4, -0.2) is 31.4 Å². The molecule has 0 spiro atoms. The number of rotatable bonds is 5. The summed E-state index contributed by atoms with van der Waals surface area (Å²) in [6, 6.07) is 16.8. The van der Waals surface area contributed by atoms with Crippen LogP contribution in [0.15, 0.2) is 66.0 Å². The van der Waals surface area contributed by atoms with Crippen molar-refractivity contribution in [2.75, 3.05) is 11.1 Å². The van der Waals surface area contributed by atoms with E-state index in [0.717, 1.165) is 28.0 Å². The van der Waals surface area contributed by atoms with Crippen molar-refractivity contribution in [3.8, 4) is 11.4 Å². The topological polar surface area (TPSA) is 72.7 Å². The summed E-state index contributed by atoms with van der Waals surface area (Å²) in [5.74, 6) is 0.834. The van der Waals surface area contributed by atoms with Crippen LogP contribution in [0, 0.1) is 0 Å². The molecule has 0 atom stereocenters. The van der Waals surface area contributed by atoms with Gasteiger partial charge in [-0.3, -0.25) is 9.78 Å². The van der Waals surface area contributed by atoms with Crippen molar-refractivity contribution in [3.63, 3.8) is 0 Å². The van der Waals surface area contributed by atoms with Crippen molar-refractivity contribution in [2.24, 2.45) is 7.05 Å².